The van der Waals surface area contributed by atoms with Gasteiger partial charge < -0.3 is 4.74 Å². The summed E-state index contributed by atoms with van der Waals surface area (Å²) in [6.45, 7) is 10.4. The molecule has 3 nitrogen and oxygen atoms in total. The lowest BCUT2D eigenvalue weighted by atomic mass is 10.3. The molecule has 0 aliphatic heterocycles. The molecule has 0 atom stereocenters. The summed E-state index contributed by atoms with van der Waals surface area (Å²) >= 11 is 0. The van der Waals surface area contributed by atoms with Crippen LogP contribution in [0.25, 0.3) is 0 Å². The molecule has 0 heterocycles. The van der Waals surface area contributed by atoms with Gasteiger partial charge in [-0.1, -0.05) is 12.7 Å². The summed E-state index contributed by atoms with van der Waals surface area (Å²) < 4.78 is 28.4. The van der Waals surface area contributed by atoms with E-state index < -0.39 is 9.84 Å². The van der Waals surface area contributed by atoms with E-state index in [1.165, 1.54) is 18.2 Å². The molecule has 0 fully saturated rings. The fraction of sp³-hybridized carbons (Fsp3) is 0.0833. The maximum atomic E-state index is 11.6. The second-order valence-corrected chi connectivity index (χ2v) is 5.22. The number of allylic oxidation sites excluding steroid dienone is 1. The SMILES string of the molecule is [CH2]C(=C)Oc1ccc(S(=O)(=O)CC=C)cc1. The van der Waals surface area contributed by atoms with Crippen molar-refractivity contribution in [3.8, 4) is 5.75 Å². The van der Waals surface area contributed by atoms with Crippen molar-refractivity contribution in [2.45, 2.75) is 4.90 Å². The minimum atomic E-state index is -3.27. The molecule has 0 amide bonds. The van der Waals surface area contributed by atoms with Gasteiger partial charge in [0.2, 0.25) is 0 Å². The van der Waals surface area contributed by atoms with Gasteiger partial charge in [0, 0.05) is 6.92 Å². The molecule has 0 spiro atoms. The van der Waals surface area contributed by atoms with Gasteiger partial charge in [-0.2, -0.15) is 0 Å². The maximum absolute atomic E-state index is 11.6. The van der Waals surface area contributed by atoms with Gasteiger partial charge in [-0.05, 0) is 24.3 Å². The van der Waals surface area contributed by atoms with Crippen LogP contribution < -0.4 is 4.74 Å². The van der Waals surface area contributed by atoms with Crippen LogP contribution in [0.2, 0.25) is 0 Å². The summed E-state index contributed by atoms with van der Waals surface area (Å²) in [5.74, 6) is 0.745. The molecule has 0 bridgehead atoms. The molecule has 85 valence electrons. The zero-order chi connectivity index (χ0) is 12.2. The molecule has 0 saturated heterocycles. The number of rotatable bonds is 5. The molecule has 4 heteroatoms. The lowest BCUT2D eigenvalue weighted by Crippen LogP contribution is -2.04. The fourth-order valence-electron chi connectivity index (χ4n) is 1.13. The highest BCUT2D eigenvalue weighted by Crippen LogP contribution is 2.18. The van der Waals surface area contributed by atoms with Crippen LogP contribution in [0.4, 0.5) is 0 Å². The Labute approximate surface area is 96.0 Å². The van der Waals surface area contributed by atoms with Crippen molar-refractivity contribution in [2.24, 2.45) is 0 Å². The standard InChI is InChI=1S/C12H13O3S/c1-4-9-16(13,14)12-7-5-11(6-8-12)15-10(2)3/h4-8H,1-3,9H2. The van der Waals surface area contributed by atoms with Gasteiger partial charge in [-0.15, -0.1) is 6.58 Å². The van der Waals surface area contributed by atoms with E-state index in [-0.39, 0.29) is 10.6 Å². The molecule has 1 radical (unpaired) electrons. The van der Waals surface area contributed by atoms with Crippen LogP contribution in [-0.4, -0.2) is 14.2 Å². The van der Waals surface area contributed by atoms with Gasteiger partial charge in [0.25, 0.3) is 0 Å². The Bertz CT molecular complexity index is 484. The number of ether oxygens (including phenoxy) is 1. The first-order chi connectivity index (χ1) is 7.45. The highest BCUT2D eigenvalue weighted by Gasteiger charge is 2.11. The van der Waals surface area contributed by atoms with E-state index in [1.807, 2.05) is 0 Å². The average Bonchev–Trinajstić information content (AvgIpc) is 2.17. The van der Waals surface area contributed by atoms with E-state index in [1.54, 1.807) is 12.1 Å². The number of sulfone groups is 1. The van der Waals surface area contributed by atoms with Crippen molar-refractivity contribution in [3.05, 3.63) is 56.2 Å². The van der Waals surface area contributed by atoms with Crippen LogP contribution in [0.3, 0.4) is 0 Å². The third-order valence-corrected chi connectivity index (χ3v) is 3.45. The Morgan fingerprint density at radius 3 is 2.31 bits per heavy atom. The van der Waals surface area contributed by atoms with E-state index in [0.29, 0.717) is 11.5 Å². The third kappa shape index (κ3) is 3.24. The van der Waals surface area contributed by atoms with Gasteiger partial charge in [0.15, 0.2) is 9.84 Å². The lowest BCUT2D eigenvalue weighted by Gasteiger charge is -2.05. The largest absolute Gasteiger partial charge is 0.462 e. The van der Waals surface area contributed by atoms with Gasteiger partial charge in [0.1, 0.15) is 5.75 Å². The van der Waals surface area contributed by atoms with Gasteiger partial charge in [-0.25, -0.2) is 8.42 Å². The van der Waals surface area contributed by atoms with E-state index in [9.17, 15) is 8.42 Å². The molecule has 0 aliphatic rings. The molecule has 0 N–H and O–H groups in total. The van der Waals surface area contributed by atoms with Crippen molar-refractivity contribution in [1.82, 2.24) is 0 Å². The molecular weight excluding hydrogens is 224 g/mol. The van der Waals surface area contributed by atoms with E-state index in [0.717, 1.165) is 0 Å². The minimum absolute atomic E-state index is 0.0742. The number of hydrogen-bond acceptors (Lipinski definition) is 3. The van der Waals surface area contributed by atoms with Gasteiger partial charge >= 0.3 is 0 Å². The van der Waals surface area contributed by atoms with E-state index >= 15 is 0 Å². The Balaban J connectivity index is 2.95. The first-order valence-electron chi connectivity index (χ1n) is 4.58. The predicted molar refractivity (Wildman–Crippen MR) is 63.8 cm³/mol. The molecular formula is C12H13O3S. The molecule has 0 aromatic heterocycles. The van der Waals surface area contributed by atoms with Crippen LogP contribution >= 0.6 is 0 Å². The first kappa shape index (κ1) is 12.5. The molecule has 0 unspecified atom stereocenters. The third-order valence-electron chi connectivity index (χ3n) is 1.78. The summed E-state index contributed by atoms with van der Waals surface area (Å²) in [5.41, 5.74) is 0. The predicted octanol–water partition coefficient (Wildman–Crippen LogP) is 2.37. The van der Waals surface area contributed by atoms with Crippen LogP contribution in [0.15, 0.2) is 54.2 Å². The zero-order valence-electron chi connectivity index (χ0n) is 8.85. The van der Waals surface area contributed by atoms with E-state index in [2.05, 4.69) is 20.1 Å². The molecule has 16 heavy (non-hydrogen) atoms. The maximum Gasteiger partial charge on any atom is 0.181 e. The number of benzene rings is 1. The van der Waals surface area contributed by atoms with Crippen molar-refractivity contribution in [3.63, 3.8) is 0 Å². The van der Waals surface area contributed by atoms with Crippen molar-refractivity contribution < 1.29 is 13.2 Å². The van der Waals surface area contributed by atoms with Crippen molar-refractivity contribution >= 4 is 9.84 Å². The Kier molecular flexibility index (Phi) is 3.90. The summed E-state index contributed by atoms with van der Waals surface area (Å²) in [7, 11) is -3.27. The average molecular weight is 237 g/mol. The zero-order valence-corrected chi connectivity index (χ0v) is 9.66. The van der Waals surface area contributed by atoms with Crippen LogP contribution in [0.5, 0.6) is 5.75 Å². The highest BCUT2D eigenvalue weighted by atomic mass is 32.2. The van der Waals surface area contributed by atoms with Gasteiger partial charge in [-0.3, -0.25) is 0 Å². The first-order valence-corrected chi connectivity index (χ1v) is 6.23. The lowest BCUT2D eigenvalue weighted by molar-refractivity contribution is 0.445. The summed E-state index contributed by atoms with van der Waals surface area (Å²) in [4.78, 5) is 0.245. The Morgan fingerprint density at radius 2 is 1.88 bits per heavy atom. The summed E-state index contributed by atoms with van der Waals surface area (Å²) in [6.07, 6.45) is 1.36. The molecule has 0 aliphatic carbocycles. The normalized spacial score (nSPS) is 10.8. The smallest absolute Gasteiger partial charge is 0.181 e. The van der Waals surface area contributed by atoms with Crippen LogP contribution in [-0.2, 0) is 9.84 Å². The molecule has 1 aromatic rings. The molecule has 1 aromatic carbocycles. The van der Waals surface area contributed by atoms with E-state index in [4.69, 9.17) is 4.74 Å². The Morgan fingerprint density at radius 1 is 1.31 bits per heavy atom. The van der Waals surface area contributed by atoms with Crippen LogP contribution in [0, 0.1) is 6.92 Å². The minimum Gasteiger partial charge on any atom is -0.462 e. The summed E-state index contributed by atoms with van der Waals surface area (Å²) in [6, 6.07) is 6.09. The van der Waals surface area contributed by atoms with Crippen molar-refractivity contribution in [2.75, 3.05) is 5.75 Å². The summed E-state index contributed by atoms with van der Waals surface area (Å²) in [5, 5.41) is 0. The monoisotopic (exact) mass is 237 g/mol. The highest BCUT2D eigenvalue weighted by molar-refractivity contribution is 7.91. The molecule has 0 saturated carbocycles. The second kappa shape index (κ2) is 4.99. The topological polar surface area (TPSA) is 43.4 Å². The Hall–Kier alpha value is -1.55. The fourth-order valence-corrected chi connectivity index (χ4v) is 2.19. The van der Waals surface area contributed by atoms with Gasteiger partial charge in [0.05, 0.1) is 16.4 Å². The quantitative estimate of drug-likeness (QED) is 0.583. The second-order valence-electron chi connectivity index (χ2n) is 3.18. The van der Waals surface area contributed by atoms with Crippen LogP contribution in [0.1, 0.15) is 0 Å². The molecule has 1 rings (SSSR count). The number of hydrogen-bond donors (Lipinski definition) is 0. The van der Waals surface area contributed by atoms with Crippen molar-refractivity contribution in [1.29, 1.82) is 0 Å².